The summed E-state index contributed by atoms with van der Waals surface area (Å²) in [5, 5.41) is 0.712. The second-order valence-corrected chi connectivity index (χ2v) is 5.99. The fourth-order valence-corrected chi connectivity index (χ4v) is 3.29. The van der Waals surface area contributed by atoms with E-state index in [-0.39, 0.29) is 5.91 Å². The summed E-state index contributed by atoms with van der Waals surface area (Å²) in [7, 11) is 5.07. The first-order chi connectivity index (χ1) is 11.1. The highest BCUT2D eigenvalue weighted by Gasteiger charge is 2.29. The van der Waals surface area contributed by atoms with Crippen LogP contribution < -0.4 is 4.74 Å². The number of likely N-dealkylation sites (N-methyl/N-ethyl adjacent to an activating group) is 1. The predicted octanol–water partition coefficient (Wildman–Crippen LogP) is 3.02. The van der Waals surface area contributed by atoms with Gasteiger partial charge < -0.3 is 9.30 Å². The maximum Gasteiger partial charge on any atom is 0.266 e. The SMILES string of the molecule is CN=C1S/C(=C/c2cccn2-c2ccc(OC)cc2)C(=O)N1C. The quantitative estimate of drug-likeness (QED) is 0.814. The number of ether oxygens (including phenoxy) is 1. The van der Waals surface area contributed by atoms with Crippen LogP contribution in [0.1, 0.15) is 5.69 Å². The average molecular weight is 327 g/mol. The van der Waals surface area contributed by atoms with Crippen molar-refractivity contribution in [3.05, 3.63) is 53.2 Å². The number of nitrogens with zero attached hydrogens (tertiary/aromatic N) is 3. The van der Waals surface area contributed by atoms with Crippen molar-refractivity contribution >= 4 is 28.9 Å². The molecule has 3 rings (SSSR count). The van der Waals surface area contributed by atoms with E-state index < -0.39 is 0 Å². The van der Waals surface area contributed by atoms with Crippen molar-refractivity contribution in [3.8, 4) is 11.4 Å². The van der Waals surface area contributed by atoms with Crippen LogP contribution in [0.3, 0.4) is 0 Å². The van der Waals surface area contributed by atoms with Crippen LogP contribution in [0.2, 0.25) is 0 Å². The molecule has 1 aromatic heterocycles. The third kappa shape index (κ3) is 2.90. The number of hydrogen-bond acceptors (Lipinski definition) is 4. The molecule has 118 valence electrons. The van der Waals surface area contributed by atoms with Gasteiger partial charge in [0.15, 0.2) is 5.17 Å². The van der Waals surface area contributed by atoms with Crippen LogP contribution >= 0.6 is 11.8 Å². The normalized spacial score (nSPS) is 18.2. The van der Waals surface area contributed by atoms with E-state index in [1.165, 1.54) is 11.8 Å². The van der Waals surface area contributed by atoms with Gasteiger partial charge in [0.2, 0.25) is 0 Å². The Balaban J connectivity index is 1.95. The molecule has 6 heteroatoms. The number of hydrogen-bond donors (Lipinski definition) is 0. The Morgan fingerprint density at radius 2 is 1.96 bits per heavy atom. The molecule has 0 spiro atoms. The lowest BCUT2D eigenvalue weighted by Crippen LogP contribution is -2.23. The van der Waals surface area contributed by atoms with Gasteiger partial charge >= 0.3 is 0 Å². The number of amidine groups is 1. The average Bonchev–Trinajstić information content (AvgIpc) is 3.15. The van der Waals surface area contributed by atoms with Gasteiger partial charge in [-0.1, -0.05) is 0 Å². The summed E-state index contributed by atoms with van der Waals surface area (Å²) in [6.07, 6.45) is 3.86. The molecule has 5 nitrogen and oxygen atoms in total. The van der Waals surface area contributed by atoms with Crippen molar-refractivity contribution in [3.63, 3.8) is 0 Å². The summed E-state index contributed by atoms with van der Waals surface area (Å²) >= 11 is 1.39. The van der Waals surface area contributed by atoms with Crippen LogP contribution in [-0.4, -0.2) is 41.7 Å². The number of aliphatic imine (C=N–C) groups is 1. The van der Waals surface area contributed by atoms with Gasteiger partial charge in [0.1, 0.15) is 5.75 Å². The van der Waals surface area contributed by atoms with Crippen molar-refractivity contribution in [1.82, 2.24) is 9.47 Å². The van der Waals surface area contributed by atoms with E-state index in [1.54, 1.807) is 26.1 Å². The molecule has 0 unspecified atom stereocenters. The molecular weight excluding hydrogens is 310 g/mol. The summed E-state index contributed by atoms with van der Waals surface area (Å²) in [6, 6.07) is 11.7. The van der Waals surface area contributed by atoms with Crippen molar-refractivity contribution in [2.75, 3.05) is 21.2 Å². The Morgan fingerprint density at radius 3 is 2.57 bits per heavy atom. The molecule has 2 aromatic rings. The zero-order valence-electron chi connectivity index (χ0n) is 13.2. The van der Waals surface area contributed by atoms with Gasteiger partial charge in [-0.25, -0.2) is 0 Å². The zero-order chi connectivity index (χ0) is 16.4. The largest absolute Gasteiger partial charge is 0.497 e. The first kappa shape index (κ1) is 15.4. The molecule has 0 aliphatic carbocycles. The second-order valence-electron chi connectivity index (χ2n) is 4.98. The lowest BCUT2D eigenvalue weighted by atomic mass is 10.3. The molecule has 1 saturated heterocycles. The predicted molar refractivity (Wildman–Crippen MR) is 94.0 cm³/mol. The van der Waals surface area contributed by atoms with Crippen molar-refractivity contribution in [2.45, 2.75) is 0 Å². The Kier molecular flexibility index (Phi) is 4.25. The number of carbonyl (C=O) groups excluding carboxylic acids is 1. The number of rotatable bonds is 3. The first-order valence-corrected chi connectivity index (χ1v) is 7.92. The number of thioether (sulfide) groups is 1. The molecule has 1 amide bonds. The third-order valence-electron chi connectivity index (χ3n) is 3.60. The lowest BCUT2D eigenvalue weighted by Gasteiger charge is -2.08. The fourth-order valence-electron chi connectivity index (χ4n) is 2.37. The molecule has 1 aliphatic heterocycles. The Labute approximate surface area is 139 Å². The number of amides is 1. The van der Waals surface area contributed by atoms with E-state index in [2.05, 4.69) is 4.99 Å². The molecule has 1 aromatic carbocycles. The Bertz CT molecular complexity index is 790. The van der Waals surface area contributed by atoms with Crippen LogP contribution in [0.25, 0.3) is 11.8 Å². The Morgan fingerprint density at radius 1 is 1.22 bits per heavy atom. The topological polar surface area (TPSA) is 46.8 Å². The molecule has 0 radical (unpaired) electrons. The van der Waals surface area contributed by atoms with E-state index in [9.17, 15) is 4.79 Å². The molecule has 0 atom stereocenters. The van der Waals surface area contributed by atoms with Crippen LogP contribution in [0.4, 0.5) is 0 Å². The summed E-state index contributed by atoms with van der Waals surface area (Å²) in [5.74, 6) is 0.783. The van der Waals surface area contributed by atoms with Gasteiger partial charge in [0, 0.05) is 31.7 Å². The summed E-state index contributed by atoms with van der Waals surface area (Å²) in [6.45, 7) is 0. The molecule has 1 fully saturated rings. The van der Waals surface area contributed by atoms with Gasteiger partial charge in [-0.2, -0.15) is 0 Å². The summed E-state index contributed by atoms with van der Waals surface area (Å²) in [5.41, 5.74) is 1.95. The summed E-state index contributed by atoms with van der Waals surface area (Å²) in [4.78, 5) is 18.6. The Hall–Kier alpha value is -2.47. The second kappa shape index (κ2) is 6.34. The highest BCUT2D eigenvalue weighted by molar-refractivity contribution is 8.18. The molecular formula is C17H17N3O2S. The van der Waals surface area contributed by atoms with Crippen molar-refractivity contribution in [1.29, 1.82) is 0 Å². The highest BCUT2D eigenvalue weighted by Crippen LogP contribution is 2.31. The number of benzene rings is 1. The van der Waals surface area contributed by atoms with Crippen molar-refractivity contribution < 1.29 is 9.53 Å². The van der Waals surface area contributed by atoms with E-state index in [1.807, 2.05) is 53.2 Å². The van der Waals surface area contributed by atoms with Gasteiger partial charge in [-0.05, 0) is 54.2 Å². The fraction of sp³-hybridized carbons (Fsp3) is 0.176. The van der Waals surface area contributed by atoms with Crippen LogP contribution in [0.5, 0.6) is 5.75 Å². The first-order valence-electron chi connectivity index (χ1n) is 7.10. The maximum absolute atomic E-state index is 12.3. The zero-order valence-corrected chi connectivity index (χ0v) is 14.0. The molecule has 0 N–H and O–H groups in total. The third-order valence-corrected chi connectivity index (χ3v) is 4.76. The van der Waals surface area contributed by atoms with E-state index in [4.69, 9.17) is 4.74 Å². The molecule has 0 saturated carbocycles. The number of carbonyl (C=O) groups is 1. The van der Waals surface area contributed by atoms with Crippen molar-refractivity contribution in [2.24, 2.45) is 4.99 Å². The molecule has 2 heterocycles. The minimum Gasteiger partial charge on any atom is -0.497 e. The minimum atomic E-state index is -0.0296. The van der Waals surface area contributed by atoms with Crippen LogP contribution in [0.15, 0.2) is 52.5 Å². The van der Waals surface area contributed by atoms with Gasteiger partial charge in [0.25, 0.3) is 5.91 Å². The lowest BCUT2D eigenvalue weighted by molar-refractivity contribution is -0.121. The highest BCUT2D eigenvalue weighted by atomic mass is 32.2. The van der Waals surface area contributed by atoms with Gasteiger partial charge in [-0.15, -0.1) is 0 Å². The maximum atomic E-state index is 12.3. The molecule has 1 aliphatic rings. The van der Waals surface area contributed by atoms with E-state index >= 15 is 0 Å². The monoisotopic (exact) mass is 327 g/mol. The number of methoxy groups -OCH3 is 1. The molecule has 0 bridgehead atoms. The van der Waals surface area contributed by atoms with Crippen LogP contribution in [-0.2, 0) is 4.79 Å². The standard InChI is InChI=1S/C17H17N3O2S/c1-18-17-19(2)16(21)15(23-17)11-13-5-4-10-20(13)12-6-8-14(22-3)9-7-12/h4-11H,1-3H3/b15-11+,18-17?. The number of aromatic nitrogens is 1. The van der Waals surface area contributed by atoms with E-state index in [0.29, 0.717) is 10.1 Å². The minimum absolute atomic E-state index is 0.0296. The smallest absolute Gasteiger partial charge is 0.266 e. The summed E-state index contributed by atoms with van der Waals surface area (Å²) < 4.78 is 7.22. The van der Waals surface area contributed by atoms with Gasteiger partial charge in [-0.3, -0.25) is 14.7 Å². The molecule has 23 heavy (non-hydrogen) atoms. The van der Waals surface area contributed by atoms with E-state index in [0.717, 1.165) is 17.1 Å². The van der Waals surface area contributed by atoms with Gasteiger partial charge in [0.05, 0.1) is 12.0 Å². The van der Waals surface area contributed by atoms with Crippen LogP contribution in [0, 0.1) is 0 Å².